The van der Waals surface area contributed by atoms with Gasteiger partial charge in [-0.15, -0.1) is 0 Å². The van der Waals surface area contributed by atoms with Crippen molar-refractivity contribution in [2.24, 2.45) is 0 Å². The van der Waals surface area contributed by atoms with E-state index in [0.717, 1.165) is 6.08 Å². The Labute approximate surface area is 85.6 Å². The van der Waals surface area contributed by atoms with Gasteiger partial charge in [-0.25, -0.2) is 9.59 Å². The average molecular weight is 210 g/mol. The van der Waals surface area contributed by atoms with Gasteiger partial charge in [-0.3, -0.25) is 0 Å². The molecule has 0 aliphatic carbocycles. The molecule has 0 saturated carbocycles. The molecular formula is C10H10O5. The van der Waals surface area contributed by atoms with Crippen molar-refractivity contribution in [2.75, 3.05) is 7.11 Å². The number of methoxy groups -OCH3 is 1. The molecule has 0 unspecified atom stereocenters. The van der Waals surface area contributed by atoms with E-state index in [0.29, 0.717) is 11.3 Å². The van der Waals surface area contributed by atoms with Crippen LogP contribution in [0.2, 0.25) is 0 Å². The predicted molar refractivity (Wildman–Crippen MR) is 52.9 cm³/mol. The fraction of sp³-hybridized carbons (Fsp3) is 0.200. The van der Waals surface area contributed by atoms with E-state index in [-0.39, 0.29) is 5.76 Å². The van der Waals surface area contributed by atoms with E-state index in [1.54, 1.807) is 6.92 Å². The molecule has 1 N–H and O–H groups in total. The maximum atomic E-state index is 11.0. The zero-order chi connectivity index (χ0) is 11.4. The SMILES string of the molecule is COc1cc(=O)oc(/C=C/C(=O)O)c1C. The highest BCUT2D eigenvalue weighted by atomic mass is 16.5. The Balaban J connectivity index is 3.23. The summed E-state index contributed by atoms with van der Waals surface area (Å²) in [6.45, 7) is 1.67. The normalized spacial score (nSPS) is 10.5. The average Bonchev–Trinajstić information content (AvgIpc) is 2.18. The lowest BCUT2D eigenvalue weighted by molar-refractivity contribution is -0.131. The van der Waals surface area contributed by atoms with Crippen LogP contribution in [0.4, 0.5) is 0 Å². The number of hydrogen-bond acceptors (Lipinski definition) is 4. The van der Waals surface area contributed by atoms with Gasteiger partial charge in [0.2, 0.25) is 0 Å². The van der Waals surface area contributed by atoms with Gasteiger partial charge in [-0.1, -0.05) is 0 Å². The molecule has 0 aliphatic heterocycles. The van der Waals surface area contributed by atoms with Crippen molar-refractivity contribution in [1.29, 1.82) is 0 Å². The number of carboxylic acid groups (broad SMARTS) is 1. The Hall–Kier alpha value is -2.04. The first-order valence-electron chi connectivity index (χ1n) is 4.14. The molecule has 0 bridgehead atoms. The fourth-order valence-electron chi connectivity index (χ4n) is 1.07. The second-order valence-electron chi connectivity index (χ2n) is 2.79. The predicted octanol–water partition coefficient (Wildman–Crippen LogP) is 1.05. The minimum absolute atomic E-state index is 0.182. The van der Waals surface area contributed by atoms with E-state index in [2.05, 4.69) is 0 Å². The molecule has 0 atom stereocenters. The molecule has 0 amide bonds. The topological polar surface area (TPSA) is 76.7 Å². The van der Waals surface area contributed by atoms with Gasteiger partial charge in [0.25, 0.3) is 0 Å². The fourth-order valence-corrected chi connectivity index (χ4v) is 1.07. The Kier molecular flexibility index (Phi) is 3.28. The molecule has 1 rings (SSSR count). The van der Waals surface area contributed by atoms with E-state index in [1.807, 2.05) is 0 Å². The highest BCUT2D eigenvalue weighted by Crippen LogP contribution is 2.19. The summed E-state index contributed by atoms with van der Waals surface area (Å²) in [6.07, 6.45) is 2.10. The first-order valence-corrected chi connectivity index (χ1v) is 4.14. The zero-order valence-electron chi connectivity index (χ0n) is 8.31. The van der Waals surface area contributed by atoms with Crippen LogP contribution in [0.5, 0.6) is 5.75 Å². The van der Waals surface area contributed by atoms with Crippen molar-refractivity contribution < 1.29 is 19.1 Å². The maximum Gasteiger partial charge on any atom is 0.339 e. The summed E-state index contributed by atoms with van der Waals surface area (Å²) in [5.74, 6) is -0.557. The molecule has 0 fully saturated rings. The molecule has 1 aromatic rings. The van der Waals surface area contributed by atoms with Gasteiger partial charge in [0.05, 0.1) is 13.2 Å². The molecular weight excluding hydrogens is 200 g/mol. The molecule has 1 aromatic heterocycles. The Morgan fingerprint density at radius 2 is 2.27 bits per heavy atom. The Morgan fingerprint density at radius 3 is 2.80 bits per heavy atom. The van der Waals surface area contributed by atoms with Crippen molar-refractivity contribution in [2.45, 2.75) is 6.92 Å². The molecule has 0 saturated heterocycles. The molecule has 5 heteroatoms. The van der Waals surface area contributed by atoms with Crippen molar-refractivity contribution in [1.82, 2.24) is 0 Å². The maximum absolute atomic E-state index is 11.0. The summed E-state index contributed by atoms with van der Waals surface area (Å²) in [6, 6.07) is 1.20. The minimum atomic E-state index is -1.11. The summed E-state index contributed by atoms with van der Waals surface area (Å²) in [7, 11) is 1.42. The minimum Gasteiger partial charge on any atom is -0.496 e. The zero-order valence-corrected chi connectivity index (χ0v) is 8.31. The first kappa shape index (κ1) is 11.0. The third-order valence-corrected chi connectivity index (χ3v) is 1.80. The van der Waals surface area contributed by atoms with Crippen molar-refractivity contribution in [3.05, 3.63) is 33.9 Å². The molecule has 80 valence electrons. The van der Waals surface area contributed by atoms with E-state index >= 15 is 0 Å². The summed E-state index contributed by atoms with van der Waals surface area (Å²) in [5.41, 5.74) is -0.00270. The molecule has 15 heavy (non-hydrogen) atoms. The second-order valence-corrected chi connectivity index (χ2v) is 2.79. The number of rotatable bonds is 3. The lowest BCUT2D eigenvalue weighted by atomic mass is 10.2. The van der Waals surface area contributed by atoms with Gasteiger partial charge in [-0.05, 0) is 13.0 Å². The quantitative estimate of drug-likeness (QED) is 0.754. The van der Waals surface area contributed by atoms with Crippen LogP contribution in [-0.4, -0.2) is 18.2 Å². The largest absolute Gasteiger partial charge is 0.496 e. The van der Waals surface area contributed by atoms with Crippen molar-refractivity contribution >= 4 is 12.0 Å². The van der Waals surface area contributed by atoms with Crippen LogP contribution in [-0.2, 0) is 4.79 Å². The molecule has 0 spiro atoms. The highest BCUT2D eigenvalue weighted by Gasteiger charge is 2.06. The van der Waals surface area contributed by atoms with Gasteiger partial charge < -0.3 is 14.3 Å². The summed E-state index contributed by atoms with van der Waals surface area (Å²) >= 11 is 0. The number of carbonyl (C=O) groups is 1. The Morgan fingerprint density at radius 1 is 1.60 bits per heavy atom. The van der Waals surface area contributed by atoms with Crippen LogP contribution in [0, 0.1) is 6.92 Å². The van der Waals surface area contributed by atoms with Crippen LogP contribution < -0.4 is 10.4 Å². The van der Waals surface area contributed by atoms with Gasteiger partial charge >= 0.3 is 11.6 Å². The standard InChI is InChI=1S/C10H10O5/c1-6-7(3-4-9(11)12)15-10(13)5-8(6)14-2/h3-5H,1-2H3,(H,11,12)/b4-3+. The van der Waals surface area contributed by atoms with Crippen LogP contribution >= 0.6 is 0 Å². The number of ether oxygens (including phenoxy) is 1. The molecule has 0 radical (unpaired) electrons. The molecule has 1 heterocycles. The summed E-state index contributed by atoms with van der Waals surface area (Å²) in [4.78, 5) is 21.3. The number of hydrogen-bond donors (Lipinski definition) is 1. The Bertz CT molecular complexity index is 455. The molecule has 0 aliphatic rings. The summed E-state index contributed by atoms with van der Waals surface area (Å²) in [5, 5.41) is 8.42. The second kappa shape index (κ2) is 4.45. The molecule has 5 nitrogen and oxygen atoms in total. The van der Waals surface area contributed by atoms with E-state index in [4.69, 9.17) is 14.3 Å². The van der Waals surface area contributed by atoms with Crippen LogP contribution in [0.1, 0.15) is 11.3 Å². The summed E-state index contributed by atoms with van der Waals surface area (Å²) < 4.78 is 9.75. The number of aliphatic carboxylic acids is 1. The number of carboxylic acids is 1. The van der Waals surface area contributed by atoms with Crippen molar-refractivity contribution in [3.8, 4) is 5.75 Å². The van der Waals surface area contributed by atoms with Crippen LogP contribution in [0.3, 0.4) is 0 Å². The third-order valence-electron chi connectivity index (χ3n) is 1.80. The highest BCUT2D eigenvalue weighted by molar-refractivity contribution is 5.85. The molecule has 0 aromatic carbocycles. The van der Waals surface area contributed by atoms with Gasteiger partial charge in [0, 0.05) is 11.6 Å². The van der Waals surface area contributed by atoms with E-state index in [9.17, 15) is 9.59 Å². The van der Waals surface area contributed by atoms with E-state index in [1.165, 1.54) is 19.3 Å². The van der Waals surface area contributed by atoms with E-state index < -0.39 is 11.6 Å². The van der Waals surface area contributed by atoms with Crippen molar-refractivity contribution in [3.63, 3.8) is 0 Å². The smallest absolute Gasteiger partial charge is 0.339 e. The lowest BCUT2D eigenvalue weighted by Gasteiger charge is -2.04. The monoisotopic (exact) mass is 210 g/mol. The van der Waals surface area contributed by atoms with Crippen LogP contribution in [0.25, 0.3) is 6.08 Å². The first-order chi connectivity index (χ1) is 7.04. The van der Waals surface area contributed by atoms with Gasteiger partial charge in [0.1, 0.15) is 11.5 Å². The lowest BCUT2D eigenvalue weighted by Crippen LogP contribution is -2.02. The third kappa shape index (κ3) is 2.70. The van der Waals surface area contributed by atoms with Gasteiger partial charge in [-0.2, -0.15) is 0 Å². The van der Waals surface area contributed by atoms with Gasteiger partial charge in [0.15, 0.2) is 0 Å². The van der Waals surface area contributed by atoms with Crippen LogP contribution in [0.15, 0.2) is 21.4 Å².